The monoisotopic (exact) mass is 288 g/mol. The van der Waals surface area contributed by atoms with Crippen molar-refractivity contribution < 1.29 is 0 Å². The minimum absolute atomic E-state index is 0.910. The van der Waals surface area contributed by atoms with Crippen LogP contribution in [0.4, 0.5) is 0 Å². The molecule has 2 N–H and O–H groups in total. The molecule has 0 bridgehead atoms. The van der Waals surface area contributed by atoms with Crippen molar-refractivity contribution in [1.29, 1.82) is 0 Å². The van der Waals surface area contributed by atoms with E-state index in [2.05, 4.69) is 50.9 Å². The number of nitrogens with one attached hydrogen (secondary N) is 2. The molecule has 1 aliphatic rings. The zero-order valence-electron chi connectivity index (χ0n) is 13.1. The van der Waals surface area contributed by atoms with Crippen LogP contribution in [0.5, 0.6) is 0 Å². The minimum Gasteiger partial charge on any atom is -0.356 e. The van der Waals surface area contributed by atoms with Crippen LogP contribution < -0.4 is 10.6 Å². The fraction of sp³-hybridized carbons (Fsp3) is 0.588. The highest BCUT2D eigenvalue weighted by atomic mass is 15.2. The van der Waals surface area contributed by atoms with E-state index < -0.39 is 0 Å². The van der Waals surface area contributed by atoms with Gasteiger partial charge >= 0.3 is 0 Å². The summed E-state index contributed by atoms with van der Waals surface area (Å²) in [4.78, 5) is 6.82. The number of hydrogen-bond donors (Lipinski definition) is 2. The van der Waals surface area contributed by atoms with Gasteiger partial charge < -0.3 is 15.5 Å². The molecule has 0 aliphatic carbocycles. The molecule has 1 aliphatic heterocycles. The summed E-state index contributed by atoms with van der Waals surface area (Å²) in [6.07, 6.45) is 4.95. The number of guanidine groups is 1. The lowest BCUT2D eigenvalue weighted by Crippen LogP contribution is -2.39. The lowest BCUT2D eigenvalue weighted by molar-refractivity contribution is 0.334. The molecule has 4 nitrogen and oxygen atoms in total. The van der Waals surface area contributed by atoms with E-state index in [-0.39, 0.29) is 0 Å². The first kappa shape index (κ1) is 15.8. The van der Waals surface area contributed by atoms with Crippen LogP contribution in [0.3, 0.4) is 0 Å². The predicted molar refractivity (Wildman–Crippen MR) is 89.8 cm³/mol. The Kier molecular flexibility index (Phi) is 7.08. The highest BCUT2D eigenvalue weighted by Crippen LogP contribution is 2.06. The van der Waals surface area contributed by atoms with Gasteiger partial charge in [-0.2, -0.15) is 0 Å². The van der Waals surface area contributed by atoms with Crippen molar-refractivity contribution in [1.82, 2.24) is 15.5 Å². The lowest BCUT2D eigenvalue weighted by Gasteiger charge is -2.16. The first-order valence-corrected chi connectivity index (χ1v) is 8.09. The van der Waals surface area contributed by atoms with Crippen molar-refractivity contribution in [3.05, 3.63) is 35.9 Å². The Morgan fingerprint density at radius 3 is 2.52 bits per heavy atom. The molecule has 1 fully saturated rings. The first-order valence-electron chi connectivity index (χ1n) is 8.09. The van der Waals surface area contributed by atoms with E-state index in [4.69, 9.17) is 0 Å². The molecule has 2 rings (SSSR count). The van der Waals surface area contributed by atoms with Crippen LogP contribution in [0.1, 0.15) is 24.8 Å². The van der Waals surface area contributed by atoms with Gasteiger partial charge in [0.05, 0.1) is 0 Å². The van der Waals surface area contributed by atoms with Crippen molar-refractivity contribution in [3.8, 4) is 0 Å². The number of hydrogen-bond acceptors (Lipinski definition) is 2. The second kappa shape index (κ2) is 9.40. The van der Waals surface area contributed by atoms with E-state index in [1.807, 2.05) is 7.05 Å². The third-order valence-electron chi connectivity index (χ3n) is 3.91. The fourth-order valence-electron chi connectivity index (χ4n) is 2.71. The number of aliphatic imine (C=N–C) groups is 1. The highest BCUT2D eigenvalue weighted by Gasteiger charge is 2.10. The summed E-state index contributed by atoms with van der Waals surface area (Å²) in [6.45, 7) is 5.67. The van der Waals surface area contributed by atoms with Crippen LogP contribution >= 0.6 is 0 Å². The summed E-state index contributed by atoms with van der Waals surface area (Å²) >= 11 is 0. The average molecular weight is 288 g/mol. The molecule has 1 saturated heterocycles. The van der Waals surface area contributed by atoms with E-state index in [0.717, 1.165) is 25.5 Å². The predicted octanol–water partition coefficient (Wildman–Crippen LogP) is 1.88. The molecular weight excluding hydrogens is 260 g/mol. The van der Waals surface area contributed by atoms with E-state index in [1.165, 1.54) is 44.5 Å². The summed E-state index contributed by atoms with van der Waals surface area (Å²) in [5, 5.41) is 6.76. The molecule has 21 heavy (non-hydrogen) atoms. The van der Waals surface area contributed by atoms with Crippen molar-refractivity contribution in [2.45, 2.75) is 25.7 Å². The molecule has 4 heteroatoms. The SMILES string of the molecule is CN=C(NCCCN1CCCC1)NCCc1ccccc1. The molecule has 0 radical (unpaired) electrons. The number of rotatable bonds is 7. The van der Waals surface area contributed by atoms with Gasteiger partial charge in [-0.3, -0.25) is 4.99 Å². The Bertz CT molecular complexity index is 410. The standard InChI is InChI=1S/C17H28N4/c1-18-17(19-11-7-15-21-13-5-6-14-21)20-12-10-16-8-3-2-4-9-16/h2-4,8-9H,5-7,10-15H2,1H3,(H2,18,19,20). The molecule has 116 valence electrons. The van der Waals surface area contributed by atoms with E-state index >= 15 is 0 Å². The Morgan fingerprint density at radius 1 is 1.10 bits per heavy atom. The Hall–Kier alpha value is -1.55. The third-order valence-corrected chi connectivity index (χ3v) is 3.91. The highest BCUT2D eigenvalue weighted by molar-refractivity contribution is 5.79. The van der Waals surface area contributed by atoms with Gasteiger partial charge in [0.15, 0.2) is 5.96 Å². The number of benzene rings is 1. The molecule has 0 amide bonds. The Labute approximate surface area is 128 Å². The molecular formula is C17H28N4. The normalized spacial score (nSPS) is 16.1. The van der Waals surface area contributed by atoms with Crippen LogP contribution in [0.2, 0.25) is 0 Å². The summed E-state index contributed by atoms with van der Waals surface area (Å²) in [6, 6.07) is 10.5. The maximum Gasteiger partial charge on any atom is 0.190 e. The van der Waals surface area contributed by atoms with Crippen molar-refractivity contribution in [3.63, 3.8) is 0 Å². The van der Waals surface area contributed by atoms with Gasteiger partial charge in [0.2, 0.25) is 0 Å². The summed E-state index contributed by atoms with van der Waals surface area (Å²) in [5.74, 6) is 0.910. The summed E-state index contributed by atoms with van der Waals surface area (Å²) < 4.78 is 0. The van der Waals surface area contributed by atoms with Gasteiger partial charge in [-0.1, -0.05) is 30.3 Å². The molecule has 0 saturated carbocycles. The Balaban J connectivity index is 1.55. The second-order valence-corrected chi connectivity index (χ2v) is 5.56. The smallest absolute Gasteiger partial charge is 0.190 e. The van der Waals surface area contributed by atoms with Crippen LogP contribution in [0, 0.1) is 0 Å². The summed E-state index contributed by atoms with van der Waals surface area (Å²) in [7, 11) is 1.83. The van der Waals surface area contributed by atoms with Gasteiger partial charge in [-0.25, -0.2) is 0 Å². The quantitative estimate of drug-likeness (QED) is 0.457. The van der Waals surface area contributed by atoms with Crippen LogP contribution in [-0.4, -0.2) is 50.6 Å². The van der Waals surface area contributed by atoms with Gasteiger partial charge in [-0.15, -0.1) is 0 Å². The average Bonchev–Trinajstić information content (AvgIpc) is 3.04. The molecule has 1 aromatic rings. The summed E-state index contributed by atoms with van der Waals surface area (Å²) in [5.41, 5.74) is 1.36. The molecule has 0 atom stereocenters. The van der Waals surface area contributed by atoms with Crippen LogP contribution in [-0.2, 0) is 6.42 Å². The minimum atomic E-state index is 0.910. The molecule has 1 aromatic carbocycles. The van der Waals surface area contributed by atoms with Crippen LogP contribution in [0.15, 0.2) is 35.3 Å². The molecule has 0 spiro atoms. The van der Waals surface area contributed by atoms with Gasteiger partial charge in [0.25, 0.3) is 0 Å². The number of likely N-dealkylation sites (tertiary alicyclic amines) is 1. The zero-order valence-corrected chi connectivity index (χ0v) is 13.1. The second-order valence-electron chi connectivity index (χ2n) is 5.56. The van der Waals surface area contributed by atoms with Crippen LogP contribution in [0.25, 0.3) is 0 Å². The maximum absolute atomic E-state index is 4.27. The molecule has 0 aromatic heterocycles. The van der Waals surface area contributed by atoms with Gasteiger partial charge in [-0.05, 0) is 50.9 Å². The maximum atomic E-state index is 4.27. The fourth-order valence-corrected chi connectivity index (χ4v) is 2.71. The Morgan fingerprint density at radius 2 is 1.81 bits per heavy atom. The van der Waals surface area contributed by atoms with E-state index in [0.29, 0.717) is 0 Å². The topological polar surface area (TPSA) is 39.7 Å². The lowest BCUT2D eigenvalue weighted by atomic mass is 10.1. The molecule has 0 unspecified atom stereocenters. The third kappa shape index (κ3) is 6.17. The van der Waals surface area contributed by atoms with E-state index in [1.54, 1.807) is 0 Å². The van der Waals surface area contributed by atoms with Crippen molar-refractivity contribution in [2.75, 3.05) is 39.8 Å². The van der Waals surface area contributed by atoms with E-state index in [9.17, 15) is 0 Å². The van der Waals surface area contributed by atoms with Crippen molar-refractivity contribution in [2.24, 2.45) is 4.99 Å². The number of nitrogens with zero attached hydrogens (tertiary/aromatic N) is 2. The molecule has 1 heterocycles. The first-order chi connectivity index (χ1) is 10.4. The zero-order chi connectivity index (χ0) is 14.8. The largest absolute Gasteiger partial charge is 0.356 e. The van der Waals surface area contributed by atoms with Gasteiger partial charge in [0.1, 0.15) is 0 Å². The van der Waals surface area contributed by atoms with Crippen molar-refractivity contribution >= 4 is 5.96 Å². The van der Waals surface area contributed by atoms with Gasteiger partial charge in [0, 0.05) is 20.1 Å².